The second-order valence-electron chi connectivity index (χ2n) is 4.24. The molecule has 1 aliphatic heterocycles. The minimum absolute atomic E-state index is 0.965. The van der Waals surface area contributed by atoms with Crippen LogP contribution in [0.1, 0.15) is 11.1 Å². The van der Waals surface area contributed by atoms with Crippen molar-refractivity contribution in [2.75, 3.05) is 5.43 Å². The Hall–Kier alpha value is -1.32. The molecule has 0 atom stereocenters. The molecule has 0 aliphatic carbocycles. The average Bonchev–Trinajstić information content (AvgIpc) is 2.74. The predicted octanol–water partition coefficient (Wildman–Crippen LogP) is 3.79. The zero-order valence-electron chi connectivity index (χ0n) is 9.36. The van der Waals surface area contributed by atoms with Crippen LogP contribution in [-0.4, -0.2) is 5.01 Å². The van der Waals surface area contributed by atoms with Crippen LogP contribution in [0, 0.1) is 0 Å². The highest BCUT2D eigenvalue weighted by Crippen LogP contribution is 2.23. The fraction of sp³-hybridized carbons (Fsp3) is 0.143. The summed E-state index contributed by atoms with van der Waals surface area (Å²) < 4.78 is 1.10. The number of rotatable bonds is 2. The Labute approximate surface area is 109 Å². The maximum atomic E-state index is 3.44. The van der Waals surface area contributed by atoms with Crippen molar-refractivity contribution < 1.29 is 0 Å². The number of hydrazine groups is 1. The Balaban J connectivity index is 1.71. The first-order valence-electron chi connectivity index (χ1n) is 5.65. The molecular formula is C14H13BrN2. The molecule has 0 aromatic heterocycles. The van der Waals surface area contributed by atoms with Crippen molar-refractivity contribution in [2.45, 2.75) is 13.1 Å². The lowest BCUT2D eigenvalue weighted by atomic mass is 10.1. The molecule has 1 heterocycles. The molecule has 2 aromatic carbocycles. The summed E-state index contributed by atoms with van der Waals surface area (Å²) in [5, 5.41) is 2.23. The van der Waals surface area contributed by atoms with Gasteiger partial charge in [0.25, 0.3) is 0 Å². The molecule has 3 heteroatoms. The molecule has 0 spiro atoms. The smallest absolute Gasteiger partial charge is 0.0491 e. The summed E-state index contributed by atoms with van der Waals surface area (Å²) in [6.45, 7) is 1.93. The largest absolute Gasteiger partial charge is 0.318 e. The van der Waals surface area contributed by atoms with Gasteiger partial charge in [-0.05, 0) is 35.4 Å². The third-order valence-electron chi connectivity index (χ3n) is 2.97. The highest BCUT2D eigenvalue weighted by atomic mass is 79.9. The Morgan fingerprint density at radius 3 is 2.06 bits per heavy atom. The molecule has 2 nitrogen and oxygen atoms in total. The van der Waals surface area contributed by atoms with Gasteiger partial charge in [-0.3, -0.25) is 0 Å². The van der Waals surface area contributed by atoms with Crippen molar-refractivity contribution in [2.24, 2.45) is 0 Å². The van der Waals surface area contributed by atoms with Gasteiger partial charge in [0.15, 0.2) is 0 Å². The van der Waals surface area contributed by atoms with Gasteiger partial charge in [-0.25, -0.2) is 5.01 Å². The van der Waals surface area contributed by atoms with Crippen LogP contribution in [-0.2, 0) is 13.1 Å². The van der Waals surface area contributed by atoms with Crippen LogP contribution >= 0.6 is 15.9 Å². The molecule has 1 N–H and O–H groups in total. The van der Waals surface area contributed by atoms with Crippen molar-refractivity contribution in [3.63, 3.8) is 0 Å². The second-order valence-corrected chi connectivity index (χ2v) is 5.16. The molecule has 0 fully saturated rings. The predicted molar refractivity (Wildman–Crippen MR) is 73.5 cm³/mol. The zero-order valence-corrected chi connectivity index (χ0v) is 10.9. The molecular weight excluding hydrogens is 276 g/mol. The van der Waals surface area contributed by atoms with E-state index in [0.29, 0.717) is 0 Å². The minimum atomic E-state index is 0.965. The lowest BCUT2D eigenvalue weighted by Gasteiger charge is -2.17. The van der Waals surface area contributed by atoms with Gasteiger partial charge >= 0.3 is 0 Å². The van der Waals surface area contributed by atoms with E-state index in [-0.39, 0.29) is 0 Å². The number of nitrogens with one attached hydrogen (secondary N) is 1. The topological polar surface area (TPSA) is 15.3 Å². The lowest BCUT2D eigenvalue weighted by Crippen LogP contribution is -2.23. The van der Waals surface area contributed by atoms with Crippen molar-refractivity contribution in [3.05, 3.63) is 64.1 Å². The van der Waals surface area contributed by atoms with Gasteiger partial charge in [0.1, 0.15) is 0 Å². The van der Waals surface area contributed by atoms with Crippen molar-refractivity contribution in [1.29, 1.82) is 0 Å². The number of nitrogens with zero attached hydrogens (tertiary/aromatic N) is 1. The van der Waals surface area contributed by atoms with E-state index in [9.17, 15) is 0 Å². The summed E-state index contributed by atoms with van der Waals surface area (Å²) in [4.78, 5) is 0. The lowest BCUT2D eigenvalue weighted by molar-refractivity contribution is 0.347. The van der Waals surface area contributed by atoms with E-state index in [1.165, 1.54) is 11.1 Å². The van der Waals surface area contributed by atoms with Gasteiger partial charge in [0, 0.05) is 23.2 Å². The quantitative estimate of drug-likeness (QED) is 0.904. The van der Waals surface area contributed by atoms with Crippen LogP contribution < -0.4 is 5.43 Å². The van der Waals surface area contributed by atoms with Crippen LogP contribution in [0.2, 0.25) is 0 Å². The first-order valence-corrected chi connectivity index (χ1v) is 6.44. The minimum Gasteiger partial charge on any atom is -0.318 e. The van der Waals surface area contributed by atoms with E-state index in [0.717, 1.165) is 23.2 Å². The molecule has 86 valence electrons. The van der Waals surface area contributed by atoms with Crippen molar-refractivity contribution >= 4 is 21.6 Å². The van der Waals surface area contributed by atoms with Crippen molar-refractivity contribution in [3.8, 4) is 0 Å². The Morgan fingerprint density at radius 2 is 1.47 bits per heavy atom. The van der Waals surface area contributed by atoms with E-state index in [2.05, 4.69) is 62.8 Å². The molecule has 0 unspecified atom stereocenters. The first kappa shape index (κ1) is 10.8. The van der Waals surface area contributed by atoms with Gasteiger partial charge in [-0.15, -0.1) is 0 Å². The summed E-state index contributed by atoms with van der Waals surface area (Å²) in [5.41, 5.74) is 7.38. The van der Waals surface area contributed by atoms with Gasteiger partial charge in [-0.2, -0.15) is 0 Å². The van der Waals surface area contributed by atoms with Crippen LogP contribution in [0.5, 0.6) is 0 Å². The summed E-state index contributed by atoms with van der Waals surface area (Å²) >= 11 is 3.44. The van der Waals surface area contributed by atoms with E-state index < -0.39 is 0 Å². The van der Waals surface area contributed by atoms with E-state index in [1.54, 1.807) is 0 Å². The number of halogens is 1. The molecule has 0 bridgehead atoms. The number of fused-ring (bicyclic) bond motifs is 1. The standard InChI is InChI=1S/C14H13BrN2/c15-13-5-7-14(8-6-13)16-17-9-11-3-1-2-4-12(11)10-17/h1-8,16H,9-10H2. The number of benzene rings is 2. The summed E-state index contributed by atoms with van der Waals surface area (Å²) in [6, 6.07) is 16.8. The Bertz CT molecular complexity index is 497. The fourth-order valence-electron chi connectivity index (χ4n) is 2.12. The highest BCUT2D eigenvalue weighted by molar-refractivity contribution is 9.10. The summed E-state index contributed by atoms with van der Waals surface area (Å²) in [6.07, 6.45) is 0. The van der Waals surface area contributed by atoms with E-state index in [4.69, 9.17) is 0 Å². The Kier molecular flexibility index (Phi) is 2.87. The highest BCUT2D eigenvalue weighted by Gasteiger charge is 2.17. The normalized spacial score (nSPS) is 14.6. The Morgan fingerprint density at radius 1 is 0.882 bits per heavy atom. The van der Waals surface area contributed by atoms with Crippen LogP contribution in [0.25, 0.3) is 0 Å². The van der Waals surface area contributed by atoms with Crippen molar-refractivity contribution in [1.82, 2.24) is 5.01 Å². The maximum absolute atomic E-state index is 3.44. The van der Waals surface area contributed by atoms with E-state index in [1.807, 2.05) is 12.1 Å². The van der Waals surface area contributed by atoms with Gasteiger partial charge < -0.3 is 5.43 Å². The molecule has 0 saturated carbocycles. The molecule has 3 rings (SSSR count). The molecule has 1 aliphatic rings. The van der Waals surface area contributed by atoms with Gasteiger partial charge in [-0.1, -0.05) is 40.2 Å². The maximum Gasteiger partial charge on any atom is 0.0491 e. The molecule has 0 radical (unpaired) electrons. The molecule has 2 aromatic rings. The summed E-state index contributed by atoms with van der Waals surface area (Å²) in [5.74, 6) is 0. The third-order valence-corrected chi connectivity index (χ3v) is 3.50. The van der Waals surface area contributed by atoms with Crippen LogP contribution in [0.4, 0.5) is 5.69 Å². The number of hydrogen-bond acceptors (Lipinski definition) is 2. The third kappa shape index (κ3) is 2.35. The van der Waals surface area contributed by atoms with Crippen LogP contribution in [0.15, 0.2) is 53.0 Å². The SMILES string of the molecule is Brc1ccc(NN2Cc3ccccc3C2)cc1. The van der Waals surface area contributed by atoms with Gasteiger partial charge in [0.2, 0.25) is 0 Å². The van der Waals surface area contributed by atoms with Crippen LogP contribution in [0.3, 0.4) is 0 Å². The molecule has 17 heavy (non-hydrogen) atoms. The molecule has 0 amide bonds. The number of hydrogen-bond donors (Lipinski definition) is 1. The summed E-state index contributed by atoms with van der Waals surface area (Å²) in [7, 11) is 0. The zero-order chi connectivity index (χ0) is 11.7. The fourth-order valence-corrected chi connectivity index (χ4v) is 2.38. The monoisotopic (exact) mass is 288 g/mol. The number of anilines is 1. The average molecular weight is 289 g/mol. The van der Waals surface area contributed by atoms with E-state index >= 15 is 0 Å². The second kappa shape index (κ2) is 4.51. The molecule has 0 saturated heterocycles. The van der Waals surface area contributed by atoms with Gasteiger partial charge in [0.05, 0.1) is 0 Å². The first-order chi connectivity index (χ1) is 8.31.